The maximum absolute atomic E-state index is 3.58. The second kappa shape index (κ2) is 3.35. The van der Waals surface area contributed by atoms with Crippen molar-refractivity contribution in [3.05, 3.63) is 33.8 Å². The number of rotatable bonds is 0. The fraction of sp³-hybridized carbons (Fsp3) is 0.571. The van der Waals surface area contributed by atoms with Gasteiger partial charge in [-0.25, -0.2) is 0 Å². The molecule has 0 radical (unpaired) electrons. The minimum atomic E-state index is 0.328. The lowest BCUT2D eigenvalue weighted by Gasteiger charge is -2.41. The van der Waals surface area contributed by atoms with Crippen LogP contribution in [0.25, 0.3) is 0 Å². The summed E-state index contributed by atoms with van der Waals surface area (Å²) in [4.78, 5) is 0. The molecule has 82 valence electrons. The Labute approximate surface area is 101 Å². The van der Waals surface area contributed by atoms with Crippen molar-refractivity contribution in [2.24, 2.45) is 0 Å². The van der Waals surface area contributed by atoms with E-state index in [9.17, 15) is 0 Å². The molecule has 0 unspecified atom stereocenters. The second-order valence-corrected chi connectivity index (χ2v) is 6.87. The third kappa shape index (κ3) is 1.87. The van der Waals surface area contributed by atoms with Gasteiger partial charge in [0, 0.05) is 4.47 Å². The second-order valence-electron chi connectivity index (χ2n) is 5.96. The van der Waals surface area contributed by atoms with E-state index in [1.54, 1.807) is 0 Å². The van der Waals surface area contributed by atoms with E-state index >= 15 is 0 Å². The molecule has 2 rings (SSSR count). The van der Waals surface area contributed by atoms with Gasteiger partial charge in [-0.1, -0.05) is 49.7 Å². The molecule has 0 fully saturated rings. The van der Waals surface area contributed by atoms with Crippen LogP contribution in [-0.4, -0.2) is 0 Å². The van der Waals surface area contributed by atoms with Crippen molar-refractivity contribution in [3.8, 4) is 0 Å². The molecule has 0 heterocycles. The van der Waals surface area contributed by atoms with Crippen LogP contribution in [0.1, 0.15) is 51.7 Å². The SMILES string of the molecule is CC1(C)CCC(C)(C)c2cc(Br)ccc21. The number of hydrogen-bond acceptors (Lipinski definition) is 0. The summed E-state index contributed by atoms with van der Waals surface area (Å²) in [6.07, 6.45) is 2.57. The van der Waals surface area contributed by atoms with Gasteiger partial charge in [-0.3, -0.25) is 0 Å². The molecule has 0 bridgehead atoms. The van der Waals surface area contributed by atoms with Crippen LogP contribution in [-0.2, 0) is 10.8 Å². The molecule has 0 nitrogen and oxygen atoms in total. The zero-order chi connectivity index (χ0) is 11.3. The summed E-state index contributed by atoms with van der Waals surface area (Å²) in [5, 5.41) is 0. The first-order valence-electron chi connectivity index (χ1n) is 5.63. The maximum atomic E-state index is 3.58. The summed E-state index contributed by atoms with van der Waals surface area (Å²) in [5.74, 6) is 0. The molecule has 1 aliphatic carbocycles. The van der Waals surface area contributed by atoms with Crippen LogP contribution < -0.4 is 0 Å². The Morgan fingerprint density at radius 1 is 0.933 bits per heavy atom. The van der Waals surface area contributed by atoms with Crippen LogP contribution in [0.4, 0.5) is 0 Å². The molecule has 15 heavy (non-hydrogen) atoms. The fourth-order valence-corrected chi connectivity index (χ4v) is 2.92. The molecule has 0 saturated heterocycles. The molecular formula is C14H19Br. The number of benzene rings is 1. The number of hydrogen-bond donors (Lipinski definition) is 0. The summed E-state index contributed by atoms with van der Waals surface area (Å²) in [6.45, 7) is 9.42. The van der Waals surface area contributed by atoms with E-state index in [0.717, 1.165) is 0 Å². The Morgan fingerprint density at radius 2 is 1.47 bits per heavy atom. The van der Waals surface area contributed by atoms with Gasteiger partial charge in [0.25, 0.3) is 0 Å². The average molecular weight is 267 g/mol. The standard InChI is InChI=1S/C14H19Br/c1-13(2)7-8-14(3,4)12-9-10(15)5-6-11(12)13/h5-6,9H,7-8H2,1-4H3. The van der Waals surface area contributed by atoms with Crippen molar-refractivity contribution in [3.63, 3.8) is 0 Å². The van der Waals surface area contributed by atoms with Gasteiger partial charge >= 0.3 is 0 Å². The lowest BCUT2D eigenvalue weighted by molar-refractivity contribution is 0.331. The molecule has 1 heteroatoms. The van der Waals surface area contributed by atoms with Gasteiger partial charge in [-0.15, -0.1) is 0 Å². The molecule has 0 saturated carbocycles. The molecule has 0 spiro atoms. The fourth-order valence-electron chi connectivity index (χ4n) is 2.56. The van der Waals surface area contributed by atoms with E-state index in [2.05, 4.69) is 61.8 Å². The molecule has 0 N–H and O–H groups in total. The predicted molar refractivity (Wildman–Crippen MR) is 69.4 cm³/mol. The van der Waals surface area contributed by atoms with E-state index in [1.165, 1.54) is 28.4 Å². The molecule has 0 atom stereocenters. The normalized spacial score (nSPS) is 22.2. The summed E-state index contributed by atoms with van der Waals surface area (Å²) in [5.41, 5.74) is 3.72. The topological polar surface area (TPSA) is 0 Å². The van der Waals surface area contributed by atoms with E-state index < -0.39 is 0 Å². The Kier molecular flexibility index (Phi) is 2.50. The van der Waals surface area contributed by atoms with Crippen LogP contribution in [0, 0.1) is 0 Å². The van der Waals surface area contributed by atoms with Crippen molar-refractivity contribution in [2.45, 2.75) is 51.4 Å². The van der Waals surface area contributed by atoms with Crippen LogP contribution in [0.5, 0.6) is 0 Å². The monoisotopic (exact) mass is 266 g/mol. The van der Waals surface area contributed by atoms with Crippen molar-refractivity contribution in [1.29, 1.82) is 0 Å². The molecule has 1 aromatic carbocycles. The van der Waals surface area contributed by atoms with Crippen LogP contribution in [0.15, 0.2) is 22.7 Å². The van der Waals surface area contributed by atoms with Crippen LogP contribution >= 0.6 is 15.9 Å². The van der Waals surface area contributed by atoms with E-state index in [-0.39, 0.29) is 0 Å². The van der Waals surface area contributed by atoms with Crippen molar-refractivity contribution in [1.82, 2.24) is 0 Å². The molecule has 1 aromatic rings. The highest BCUT2D eigenvalue weighted by Crippen LogP contribution is 2.46. The third-order valence-corrected chi connectivity index (χ3v) is 4.31. The molecule has 0 amide bonds. The third-order valence-electron chi connectivity index (χ3n) is 3.81. The summed E-state index contributed by atoms with van der Waals surface area (Å²) in [6, 6.07) is 6.76. The molecule has 1 aliphatic rings. The lowest BCUT2D eigenvalue weighted by Crippen LogP contribution is -2.33. The van der Waals surface area contributed by atoms with Crippen molar-refractivity contribution < 1.29 is 0 Å². The van der Waals surface area contributed by atoms with Gasteiger partial charge in [0.1, 0.15) is 0 Å². The molecule has 0 aliphatic heterocycles. The first-order valence-corrected chi connectivity index (χ1v) is 6.43. The molecule has 0 aromatic heterocycles. The zero-order valence-electron chi connectivity index (χ0n) is 10.0. The quantitative estimate of drug-likeness (QED) is 0.633. The van der Waals surface area contributed by atoms with E-state index in [0.29, 0.717) is 10.8 Å². The lowest BCUT2D eigenvalue weighted by atomic mass is 9.63. The van der Waals surface area contributed by atoms with Crippen molar-refractivity contribution >= 4 is 15.9 Å². The Hall–Kier alpha value is -0.300. The van der Waals surface area contributed by atoms with E-state index in [4.69, 9.17) is 0 Å². The van der Waals surface area contributed by atoms with Gasteiger partial charge in [-0.2, -0.15) is 0 Å². The van der Waals surface area contributed by atoms with Crippen LogP contribution in [0.2, 0.25) is 0 Å². The maximum Gasteiger partial charge on any atom is 0.0178 e. The zero-order valence-corrected chi connectivity index (χ0v) is 11.6. The van der Waals surface area contributed by atoms with Gasteiger partial charge in [0.2, 0.25) is 0 Å². The van der Waals surface area contributed by atoms with Gasteiger partial charge in [0.05, 0.1) is 0 Å². The average Bonchev–Trinajstić information content (AvgIpc) is 2.13. The Bertz CT molecular complexity index is 388. The predicted octanol–water partition coefficient (Wildman–Crippen LogP) is 4.80. The highest BCUT2D eigenvalue weighted by Gasteiger charge is 2.36. The molecular weight excluding hydrogens is 248 g/mol. The summed E-state index contributed by atoms with van der Waals surface area (Å²) in [7, 11) is 0. The Morgan fingerprint density at radius 3 is 2.07 bits per heavy atom. The van der Waals surface area contributed by atoms with Crippen molar-refractivity contribution in [2.75, 3.05) is 0 Å². The highest BCUT2D eigenvalue weighted by atomic mass is 79.9. The number of halogens is 1. The van der Waals surface area contributed by atoms with Gasteiger partial charge < -0.3 is 0 Å². The Balaban J connectivity index is 2.64. The van der Waals surface area contributed by atoms with Crippen LogP contribution in [0.3, 0.4) is 0 Å². The first kappa shape index (κ1) is 11.2. The number of fused-ring (bicyclic) bond motifs is 1. The smallest absolute Gasteiger partial charge is 0.0178 e. The van der Waals surface area contributed by atoms with E-state index in [1.807, 2.05) is 0 Å². The largest absolute Gasteiger partial charge is 0.0571 e. The summed E-state index contributed by atoms with van der Waals surface area (Å²) < 4.78 is 1.20. The summed E-state index contributed by atoms with van der Waals surface area (Å²) >= 11 is 3.58. The highest BCUT2D eigenvalue weighted by molar-refractivity contribution is 9.10. The van der Waals surface area contributed by atoms with Gasteiger partial charge in [-0.05, 0) is 46.9 Å². The first-order chi connectivity index (χ1) is 6.83. The minimum absolute atomic E-state index is 0.328. The minimum Gasteiger partial charge on any atom is -0.0571 e. The van der Waals surface area contributed by atoms with Gasteiger partial charge in [0.15, 0.2) is 0 Å².